The molecule has 0 unspecified atom stereocenters. The molecule has 0 aliphatic rings. The minimum atomic E-state index is -5.05. The molecule has 4 rings (SSSR count). The van der Waals surface area contributed by atoms with E-state index in [0.717, 1.165) is 11.6 Å². The second kappa shape index (κ2) is 10.3. The van der Waals surface area contributed by atoms with E-state index >= 15 is 0 Å². The number of hydrogen-bond acceptors (Lipinski definition) is 6. The Hall–Kier alpha value is -4.74. The zero-order valence-electron chi connectivity index (χ0n) is 17.3. The first-order chi connectivity index (χ1) is 16.1. The van der Waals surface area contributed by atoms with Crippen molar-refractivity contribution in [2.75, 3.05) is 11.1 Å². The molecule has 2 aromatic heterocycles. The fourth-order valence-electron chi connectivity index (χ4n) is 2.69. The van der Waals surface area contributed by atoms with E-state index in [1.54, 1.807) is 30.3 Å². The Morgan fingerprint density at radius 3 is 1.74 bits per heavy atom. The molecule has 0 spiro atoms. The fourth-order valence-corrected chi connectivity index (χ4v) is 2.69. The zero-order valence-corrected chi connectivity index (χ0v) is 17.3. The summed E-state index contributed by atoms with van der Waals surface area (Å²) in [5.41, 5.74) is 6.69. The van der Waals surface area contributed by atoms with Crippen LogP contribution < -0.4 is 22.2 Å². The standard InChI is InChI=1S/C12H8F3N3O2.C10H9N3O/c13-12(14,15)10(20)18-11-16-8(6-9(19)17-11)7-4-2-1-3-5-7;11-10-12-8(6-9(14)13-10)7-4-2-1-3-5-7/h1-6H,(H2,16,17,18,19,20);1-6H,(H3,11,12,13,14). The van der Waals surface area contributed by atoms with Gasteiger partial charge in [0.15, 0.2) is 0 Å². The number of nitrogens with zero attached hydrogens (tertiary/aromatic N) is 2. The van der Waals surface area contributed by atoms with E-state index in [1.165, 1.54) is 11.4 Å². The SMILES string of the molecule is Nc1nc(-c2ccccc2)cc(=O)[nH]1.O=C(Nc1nc(-c2ccccc2)cc(=O)[nH]1)C(F)(F)F. The third-order valence-electron chi connectivity index (χ3n) is 4.13. The summed E-state index contributed by atoms with van der Waals surface area (Å²) in [7, 11) is 0. The summed E-state index contributed by atoms with van der Waals surface area (Å²) in [5, 5.41) is 1.50. The normalized spacial score (nSPS) is 10.7. The van der Waals surface area contributed by atoms with Crippen molar-refractivity contribution < 1.29 is 18.0 Å². The van der Waals surface area contributed by atoms with Gasteiger partial charge in [-0.3, -0.25) is 29.7 Å². The van der Waals surface area contributed by atoms with E-state index in [1.807, 2.05) is 35.3 Å². The minimum absolute atomic E-state index is 0.136. The van der Waals surface area contributed by atoms with Crippen LogP contribution in [0.1, 0.15) is 0 Å². The molecule has 0 atom stereocenters. The Kier molecular flexibility index (Phi) is 7.21. The molecule has 0 aliphatic carbocycles. The molecule has 1 amide bonds. The van der Waals surface area contributed by atoms with Gasteiger partial charge < -0.3 is 5.73 Å². The molecule has 0 aliphatic heterocycles. The van der Waals surface area contributed by atoms with Gasteiger partial charge in [0.25, 0.3) is 11.1 Å². The summed E-state index contributed by atoms with van der Waals surface area (Å²) in [6.07, 6.45) is -5.05. The molecule has 34 heavy (non-hydrogen) atoms. The molecule has 0 saturated carbocycles. The van der Waals surface area contributed by atoms with Gasteiger partial charge in [0.2, 0.25) is 11.9 Å². The number of halogens is 3. The predicted octanol–water partition coefficient (Wildman–Crippen LogP) is 2.96. The van der Waals surface area contributed by atoms with Gasteiger partial charge in [0.05, 0.1) is 11.4 Å². The van der Waals surface area contributed by atoms with Crippen molar-refractivity contribution in [2.45, 2.75) is 6.18 Å². The lowest BCUT2D eigenvalue weighted by atomic mass is 10.1. The number of amides is 1. The smallest absolute Gasteiger partial charge is 0.369 e. The highest BCUT2D eigenvalue weighted by Gasteiger charge is 2.39. The number of hydrogen-bond donors (Lipinski definition) is 4. The number of carbonyl (C=O) groups is 1. The number of aromatic amines is 2. The fraction of sp³-hybridized carbons (Fsp3) is 0.0455. The summed E-state index contributed by atoms with van der Waals surface area (Å²) in [5.74, 6) is -2.62. The van der Waals surface area contributed by atoms with Gasteiger partial charge in [-0.05, 0) is 0 Å². The zero-order chi connectivity index (χ0) is 24.7. The highest BCUT2D eigenvalue weighted by molar-refractivity contribution is 5.93. The number of nitrogens with one attached hydrogen (secondary N) is 3. The van der Waals surface area contributed by atoms with Crippen molar-refractivity contribution in [3.8, 4) is 22.5 Å². The van der Waals surface area contributed by atoms with Crippen LogP contribution in [-0.4, -0.2) is 32.0 Å². The maximum Gasteiger partial charge on any atom is 0.471 e. The van der Waals surface area contributed by atoms with Crippen LogP contribution in [0.5, 0.6) is 0 Å². The van der Waals surface area contributed by atoms with Crippen LogP contribution in [0.15, 0.2) is 82.4 Å². The molecule has 12 heteroatoms. The lowest BCUT2D eigenvalue weighted by Gasteiger charge is -2.08. The van der Waals surface area contributed by atoms with Gasteiger partial charge in [-0.1, -0.05) is 60.7 Å². The van der Waals surface area contributed by atoms with E-state index < -0.39 is 23.6 Å². The highest BCUT2D eigenvalue weighted by Crippen LogP contribution is 2.18. The van der Waals surface area contributed by atoms with E-state index in [0.29, 0.717) is 11.3 Å². The van der Waals surface area contributed by atoms with Crippen molar-refractivity contribution in [1.82, 2.24) is 19.9 Å². The number of benzene rings is 2. The third-order valence-corrected chi connectivity index (χ3v) is 4.13. The quantitative estimate of drug-likeness (QED) is 0.362. The van der Waals surface area contributed by atoms with Gasteiger partial charge in [-0.2, -0.15) is 13.2 Å². The van der Waals surface area contributed by atoms with Crippen molar-refractivity contribution >= 4 is 17.8 Å². The summed E-state index contributed by atoms with van der Waals surface area (Å²) in [6, 6.07) is 20.4. The Labute approximate surface area is 189 Å². The van der Waals surface area contributed by atoms with Crippen LogP contribution in [0.4, 0.5) is 25.1 Å². The average Bonchev–Trinajstić information content (AvgIpc) is 2.79. The molecule has 2 heterocycles. The summed E-state index contributed by atoms with van der Waals surface area (Å²) in [6.45, 7) is 0. The monoisotopic (exact) mass is 470 g/mol. The molecule has 174 valence electrons. The number of nitrogens with two attached hydrogens (primary N) is 1. The Bertz CT molecular complexity index is 1390. The Morgan fingerprint density at radius 1 is 0.794 bits per heavy atom. The average molecular weight is 470 g/mol. The molecule has 0 bridgehead atoms. The summed E-state index contributed by atoms with van der Waals surface area (Å²) in [4.78, 5) is 45.5. The second-order valence-corrected chi connectivity index (χ2v) is 6.68. The van der Waals surface area contributed by atoms with E-state index in [-0.39, 0.29) is 17.2 Å². The number of rotatable bonds is 3. The summed E-state index contributed by atoms with van der Waals surface area (Å²) >= 11 is 0. The molecular weight excluding hydrogens is 453 g/mol. The van der Waals surface area contributed by atoms with Crippen molar-refractivity contribution in [3.63, 3.8) is 0 Å². The first kappa shape index (κ1) is 23.9. The number of aromatic nitrogens is 4. The second-order valence-electron chi connectivity index (χ2n) is 6.68. The molecule has 2 aromatic carbocycles. The van der Waals surface area contributed by atoms with Gasteiger partial charge in [0.1, 0.15) is 0 Å². The van der Waals surface area contributed by atoms with E-state index in [2.05, 4.69) is 15.0 Å². The topological polar surface area (TPSA) is 147 Å². The van der Waals surface area contributed by atoms with Crippen molar-refractivity contribution in [2.24, 2.45) is 0 Å². The predicted molar refractivity (Wildman–Crippen MR) is 120 cm³/mol. The van der Waals surface area contributed by atoms with Crippen LogP contribution >= 0.6 is 0 Å². The van der Waals surface area contributed by atoms with Crippen molar-refractivity contribution in [1.29, 1.82) is 0 Å². The van der Waals surface area contributed by atoms with Crippen LogP contribution in [0.25, 0.3) is 22.5 Å². The number of H-pyrrole nitrogens is 2. The van der Waals surface area contributed by atoms with Crippen LogP contribution in [0.2, 0.25) is 0 Å². The van der Waals surface area contributed by atoms with Gasteiger partial charge in [-0.15, -0.1) is 0 Å². The Morgan fingerprint density at radius 2 is 1.26 bits per heavy atom. The molecule has 0 radical (unpaired) electrons. The summed E-state index contributed by atoms with van der Waals surface area (Å²) < 4.78 is 36.4. The number of alkyl halides is 3. The van der Waals surface area contributed by atoms with Gasteiger partial charge >= 0.3 is 12.1 Å². The number of carbonyl (C=O) groups excluding carboxylic acids is 1. The maximum atomic E-state index is 12.1. The molecule has 4 aromatic rings. The first-order valence-corrected chi connectivity index (χ1v) is 9.59. The molecule has 0 saturated heterocycles. The van der Waals surface area contributed by atoms with Gasteiger partial charge in [0, 0.05) is 23.3 Å². The van der Waals surface area contributed by atoms with Crippen molar-refractivity contribution in [3.05, 3.63) is 93.5 Å². The lowest BCUT2D eigenvalue weighted by Crippen LogP contribution is -2.31. The third kappa shape index (κ3) is 6.63. The molecular formula is C22H17F3N6O3. The minimum Gasteiger partial charge on any atom is -0.369 e. The highest BCUT2D eigenvalue weighted by atomic mass is 19.4. The van der Waals surface area contributed by atoms with Crippen LogP contribution in [0, 0.1) is 0 Å². The van der Waals surface area contributed by atoms with E-state index in [9.17, 15) is 27.6 Å². The van der Waals surface area contributed by atoms with Crippen LogP contribution in [0.3, 0.4) is 0 Å². The van der Waals surface area contributed by atoms with Crippen LogP contribution in [-0.2, 0) is 4.79 Å². The molecule has 5 N–H and O–H groups in total. The Balaban J connectivity index is 0.000000202. The first-order valence-electron chi connectivity index (χ1n) is 9.59. The van der Waals surface area contributed by atoms with E-state index in [4.69, 9.17) is 5.73 Å². The largest absolute Gasteiger partial charge is 0.471 e. The maximum absolute atomic E-state index is 12.1. The lowest BCUT2D eigenvalue weighted by molar-refractivity contribution is -0.167. The number of nitrogen functional groups attached to an aromatic ring is 1. The molecule has 9 nitrogen and oxygen atoms in total. The number of anilines is 2. The molecule has 0 fully saturated rings. The van der Waals surface area contributed by atoms with Gasteiger partial charge in [-0.25, -0.2) is 9.97 Å².